The topological polar surface area (TPSA) is 55.8 Å². The summed E-state index contributed by atoms with van der Waals surface area (Å²) in [6.07, 6.45) is 0. The van der Waals surface area contributed by atoms with Gasteiger partial charge in [0.15, 0.2) is 0 Å². The van der Waals surface area contributed by atoms with Crippen LogP contribution in [0.3, 0.4) is 0 Å². The van der Waals surface area contributed by atoms with Crippen LogP contribution in [0.5, 0.6) is 17.2 Å². The number of carbonyl (C=O) groups is 1. The molecule has 0 saturated carbocycles. The van der Waals surface area contributed by atoms with Crippen LogP contribution in [0.4, 0.5) is 0 Å². The van der Waals surface area contributed by atoms with Crippen molar-refractivity contribution < 1.29 is 19.4 Å². The van der Waals surface area contributed by atoms with Gasteiger partial charge in [0.05, 0.1) is 6.61 Å². The van der Waals surface area contributed by atoms with E-state index in [1.807, 2.05) is 37.3 Å². The SMILES string of the molecule is CCOC(=O)c1c(O)cc(Oc2ccccc2)c(C)c1C. The molecule has 0 aliphatic rings. The first-order chi connectivity index (χ1) is 10.0. The molecule has 0 aliphatic carbocycles. The summed E-state index contributed by atoms with van der Waals surface area (Å²) < 4.78 is 10.7. The maximum atomic E-state index is 11.9. The summed E-state index contributed by atoms with van der Waals surface area (Å²) in [5.74, 6) is 0.525. The van der Waals surface area contributed by atoms with Crippen LogP contribution in [-0.4, -0.2) is 17.7 Å². The number of esters is 1. The molecule has 2 aromatic carbocycles. The summed E-state index contributed by atoms with van der Waals surface area (Å²) in [7, 11) is 0. The molecule has 2 rings (SSSR count). The Hall–Kier alpha value is -2.49. The van der Waals surface area contributed by atoms with Gasteiger partial charge in [0.1, 0.15) is 22.8 Å². The second-order valence-electron chi connectivity index (χ2n) is 4.65. The molecule has 0 radical (unpaired) electrons. The van der Waals surface area contributed by atoms with Crippen LogP contribution in [0.1, 0.15) is 28.4 Å². The summed E-state index contributed by atoms with van der Waals surface area (Å²) in [5.41, 5.74) is 1.63. The van der Waals surface area contributed by atoms with E-state index in [1.54, 1.807) is 13.8 Å². The number of phenols is 1. The van der Waals surface area contributed by atoms with Crippen molar-refractivity contribution in [3.05, 3.63) is 53.1 Å². The van der Waals surface area contributed by atoms with Crippen LogP contribution in [0, 0.1) is 13.8 Å². The molecule has 0 spiro atoms. The molecule has 110 valence electrons. The summed E-state index contributed by atoms with van der Waals surface area (Å²) in [6, 6.07) is 10.7. The number of ether oxygens (including phenoxy) is 2. The molecule has 0 heterocycles. The fourth-order valence-electron chi connectivity index (χ4n) is 2.05. The maximum Gasteiger partial charge on any atom is 0.342 e. The second kappa shape index (κ2) is 6.31. The van der Waals surface area contributed by atoms with Crippen molar-refractivity contribution >= 4 is 5.97 Å². The van der Waals surface area contributed by atoms with E-state index in [-0.39, 0.29) is 17.9 Å². The zero-order chi connectivity index (χ0) is 15.4. The number of hydrogen-bond donors (Lipinski definition) is 1. The van der Waals surface area contributed by atoms with E-state index in [0.29, 0.717) is 17.1 Å². The third kappa shape index (κ3) is 3.16. The summed E-state index contributed by atoms with van der Waals surface area (Å²) >= 11 is 0. The highest BCUT2D eigenvalue weighted by molar-refractivity contribution is 5.95. The lowest BCUT2D eigenvalue weighted by Crippen LogP contribution is -2.08. The largest absolute Gasteiger partial charge is 0.507 e. The molecule has 4 nitrogen and oxygen atoms in total. The van der Waals surface area contributed by atoms with Crippen LogP contribution in [0.2, 0.25) is 0 Å². The number of benzene rings is 2. The summed E-state index contributed by atoms with van der Waals surface area (Å²) in [5, 5.41) is 10.1. The Labute approximate surface area is 123 Å². The Balaban J connectivity index is 2.40. The fourth-order valence-corrected chi connectivity index (χ4v) is 2.05. The first-order valence-electron chi connectivity index (χ1n) is 6.77. The van der Waals surface area contributed by atoms with Gasteiger partial charge in [-0.2, -0.15) is 0 Å². The lowest BCUT2D eigenvalue weighted by molar-refractivity contribution is 0.0522. The highest BCUT2D eigenvalue weighted by atomic mass is 16.5. The van der Waals surface area contributed by atoms with E-state index in [2.05, 4.69) is 0 Å². The van der Waals surface area contributed by atoms with Crippen molar-refractivity contribution in [1.29, 1.82) is 0 Å². The van der Waals surface area contributed by atoms with Crippen LogP contribution in [0.25, 0.3) is 0 Å². The molecule has 0 unspecified atom stereocenters. The quantitative estimate of drug-likeness (QED) is 0.864. The van der Waals surface area contributed by atoms with E-state index in [9.17, 15) is 9.90 Å². The van der Waals surface area contributed by atoms with Gasteiger partial charge in [-0.05, 0) is 44.0 Å². The van der Waals surface area contributed by atoms with Crippen molar-refractivity contribution in [3.63, 3.8) is 0 Å². The molecule has 0 atom stereocenters. The van der Waals surface area contributed by atoms with Gasteiger partial charge in [-0.15, -0.1) is 0 Å². The Morgan fingerprint density at radius 2 is 1.81 bits per heavy atom. The highest BCUT2D eigenvalue weighted by Crippen LogP contribution is 2.35. The Kier molecular flexibility index (Phi) is 4.48. The molecule has 0 amide bonds. The predicted octanol–water partition coefficient (Wildman–Crippen LogP) is 3.98. The third-order valence-corrected chi connectivity index (χ3v) is 3.28. The molecule has 0 fully saturated rings. The van der Waals surface area contributed by atoms with E-state index in [1.165, 1.54) is 6.07 Å². The average Bonchev–Trinajstić information content (AvgIpc) is 2.46. The Bertz CT molecular complexity index is 648. The van der Waals surface area contributed by atoms with Crippen molar-refractivity contribution in [1.82, 2.24) is 0 Å². The van der Waals surface area contributed by atoms with Gasteiger partial charge < -0.3 is 14.6 Å². The van der Waals surface area contributed by atoms with Crippen molar-refractivity contribution in [2.24, 2.45) is 0 Å². The minimum Gasteiger partial charge on any atom is -0.507 e. The van der Waals surface area contributed by atoms with Gasteiger partial charge >= 0.3 is 5.97 Å². The third-order valence-electron chi connectivity index (χ3n) is 3.28. The first kappa shape index (κ1) is 14.9. The molecule has 4 heteroatoms. The highest BCUT2D eigenvalue weighted by Gasteiger charge is 2.20. The van der Waals surface area contributed by atoms with E-state index < -0.39 is 5.97 Å². The molecule has 2 aromatic rings. The molecule has 0 aromatic heterocycles. The normalized spacial score (nSPS) is 10.2. The molecular formula is C17H18O4. The maximum absolute atomic E-state index is 11.9. The molecule has 0 aliphatic heterocycles. The molecular weight excluding hydrogens is 268 g/mol. The van der Waals surface area contributed by atoms with E-state index >= 15 is 0 Å². The van der Waals surface area contributed by atoms with Gasteiger partial charge in [0.25, 0.3) is 0 Å². The van der Waals surface area contributed by atoms with Gasteiger partial charge in [0, 0.05) is 6.07 Å². The minimum absolute atomic E-state index is 0.137. The molecule has 0 bridgehead atoms. The van der Waals surface area contributed by atoms with Gasteiger partial charge in [0.2, 0.25) is 0 Å². The van der Waals surface area contributed by atoms with E-state index in [0.717, 1.165) is 5.56 Å². The second-order valence-corrected chi connectivity index (χ2v) is 4.65. The number of hydrogen-bond acceptors (Lipinski definition) is 4. The van der Waals surface area contributed by atoms with Crippen LogP contribution < -0.4 is 4.74 Å². The zero-order valence-electron chi connectivity index (χ0n) is 12.3. The summed E-state index contributed by atoms with van der Waals surface area (Å²) in [4.78, 5) is 11.9. The number of phenolic OH excluding ortho intramolecular Hbond substituents is 1. The van der Waals surface area contributed by atoms with Gasteiger partial charge in [-0.3, -0.25) is 0 Å². The average molecular weight is 286 g/mol. The number of aromatic hydroxyl groups is 1. The summed E-state index contributed by atoms with van der Waals surface area (Å²) in [6.45, 7) is 5.60. The molecule has 1 N–H and O–H groups in total. The van der Waals surface area contributed by atoms with Crippen LogP contribution in [0.15, 0.2) is 36.4 Å². The van der Waals surface area contributed by atoms with Crippen molar-refractivity contribution in [2.75, 3.05) is 6.61 Å². The fraction of sp³-hybridized carbons (Fsp3) is 0.235. The van der Waals surface area contributed by atoms with Crippen molar-refractivity contribution in [2.45, 2.75) is 20.8 Å². The Morgan fingerprint density at radius 3 is 2.43 bits per heavy atom. The standard InChI is InChI=1S/C17H18O4/c1-4-20-17(19)16-12(3)11(2)15(10-14(16)18)21-13-8-6-5-7-9-13/h5-10,18H,4H2,1-3H3. The van der Waals surface area contributed by atoms with Gasteiger partial charge in [-0.25, -0.2) is 4.79 Å². The first-order valence-corrected chi connectivity index (χ1v) is 6.77. The lowest BCUT2D eigenvalue weighted by Gasteiger charge is -2.15. The number of carbonyl (C=O) groups excluding carboxylic acids is 1. The van der Waals surface area contributed by atoms with Crippen molar-refractivity contribution in [3.8, 4) is 17.2 Å². The number of para-hydroxylation sites is 1. The smallest absolute Gasteiger partial charge is 0.342 e. The molecule has 0 saturated heterocycles. The van der Waals surface area contributed by atoms with Crippen LogP contribution >= 0.6 is 0 Å². The predicted molar refractivity (Wildman–Crippen MR) is 80.1 cm³/mol. The van der Waals surface area contributed by atoms with Crippen LogP contribution in [-0.2, 0) is 4.74 Å². The lowest BCUT2D eigenvalue weighted by atomic mass is 10.0. The minimum atomic E-state index is -0.526. The van der Waals surface area contributed by atoms with E-state index in [4.69, 9.17) is 9.47 Å². The number of rotatable bonds is 4. The zero-order valence-corrected chi connectivity index (χ0v) is 12.3. The molecule has 21 heavy (non-hydrogen) atoms. The monoisotopic (exact) mass is 286 g/mol. The van der Waals surface area contributed by atoms with Gasteiger partial charge in [-0.1, -0.05) is 18.2 Å². The Morgan fingerprint density at radius 1 is 1.14 bits per heavy atom.